The van der Waals surface area contributed by atoms with Crippen molar-refractivity contribution in [2.75, 3.05) is 6.61 Å². The van der Waals surface area contributed by atoms with Gasteiger partial charge < -0.3 is 10.3 Å². The Balaban J connectivity index is 2.43. The van der Waals surface area contributed by atoms with Crippen LogP contribution in [0.2, 0.25) is 0 Å². The Morgan fingerprint density at radius 3 is 2.56 bits per heavy atom. The number of carbonyl (C=O) groups is 1. The van der Waals surface area contributed by atoms with Crippen molar-refractivity contribution in [3.8, 4) is 17.1 Å². The fraction of sp³-hybridized carbons (Fsp3) is 0.250. The summed E-state index contributed by atoms with van der Waals surface area (Å²) in [4.78, 5) is 21.7. The van der Waals surface area contributed by atoms with Gasteiger partial charge >= 0.3 is 12.4 Å². The van der Waals surface area contributed by atoms with Crippen LogP contribution in [0.25, 0.3) is 16.9 Å². The SMILES string of the molecule is CCCOc1ccc(-c2ncc(C(=O)C=[N+]=[N-])cn2)c(C(F)(F)F)c1. The molecule has 0 radical (unpaired) electrons. The van der Waals surface area contributed by atoms with Crippen LogP contribution in [-0.2, 0) is 6.18 Å². The second kappa shape index (κ2) is 7.67. The van der Waals surface area contributed by atoms with Gasteiger partial charge in [-0.15, -0.1) is 0 Å². The molecule has 6 nitrogen and oxygen atoms in total. The molecule has 0 fully saturated rings. The first kappa shape index (κ1) is 18.3. The summed E-state index contributed by atoms with van der Waals surface area (Å²) in [6.45, 7) is 2.15. The van der Waals surface area contributed by atoms with Gasteiger partial charge in [-0.05, 0) is 24.6 Å². The first-order chi connectivity index (χ1) is 11.9. The van der Waals surface area contributed by atoms with Crippen molar-refractivity contribution in [1.82, 2.24) is 9.97 Å². The van der Waals surface area contributed by atoms with E-state index >= 15 is 0 Å². The van der Waals surface area contributed by atoms with Crippen molar-refractivity contribution < 1.29 is 27.5 Å². The van der Waals surface area contributed by atoms with Crippen molar-refractivity contribution >= 4 is 12.0 Å². The molecule has 1 heterocycles. The summed E-state index contributed by atoms with van der Waals surface area (Å²) in [6, 6.07) is 3.52. The molecule has 1 aromatic heterocycles. The molecule has 0 spiro atoms. The van der Waals surface area contributed by atoms with Gasteiger partial charge in [0.05, 0.1) is 17.7 Å². The van der Waals surface area contributed by atoms with Crippen LogP contribution in [0, 0.1) is 0 Å². The van der Waals surface area contributed by atoms with Gasteiger partial charge in [-0.2, -0.15) is 18.0 Å². The summed E-state index contributed by atoms with van der Waals surface area (Å²) in [6.07, 6.45) is -1.19. The van der Waals surface area contributed by atoms with Crippen LogP contribution in [0.5, 0.6) is 5.75 Å². The monoisotopic (exact) mass is 350 g/mol. The Bertz CT molecular complexity index is 813. The van der Waals surface area contributed by atoms with Crippen LogP contribution in [0.1, 0.15) is 29.3 Å². The first-order valence-corrected chi connectivity index (χ1v) is 7.25. The standard InChI is InChI=1S/C16H13F3N4O2/c1-2-5-25-11-3-4-12(13(6-11)16(17,18)19)15-21-7-10(8-22-15)14(24)9-23-20/h3-4,6-9H,2,5H2,1H3. The number of carbonyl (C=O) groups excluding carboxylic acids is 1. The van der Waals surface area contributed by atoms with Gasteiger partial charge in [0, 0.05) is 18.0 Å². The molecule has 25 heavy (non-hydrogen) atoms. The number of halogens is 3. The molecule has 0 saturated heterocycles. The molecule has 0 aliphatic carbocycles. The lowest BCUT2D eigenvalue weighted by atomic mass is 10.1. The normalized spacial score (nSPS) is 10.9. The number of alkyl halides is 3. The van der Waals surface area contributed by atoms with E-state index in [9.17, 15) is 18.0 Å². The highest BCUT2D eigenvalue weighted by Crippen LogP contribution is 2.38. The van der Waals surface area contributed by atoms with Crippen LogP contribution >= 0.6 is 0 Å². The van der Waals surface area contributed by atoms with Crippen molar-refractivity contribution in [2.24, 2.45) is 0 Å². The number of rotatable bonds is 6. The average Bonchev–Trinajstić information content (AvgIpc) is 2.59. The smallest absolute Gasteiger partial charge is 0.417 e. The molecular weight excluding hydrogens is 337 g/mol. The van der Waals surface area contributed by atoms with Crippen molar-refractivity contribution in [3.05, 3.63) is 47.3 Å². The van der Waals surface area contributed by atoms with Gasteiger partial charge in [0.25, 0.3) is 5.78 Å². The number of hydrogen-bond donors (Lipinski definition) is 0. The molecule has 0 N–H and O–H groups in total. The average molecular weight is 350 g/mol. The zero-order valence-corrected chi connectivity index (χ0v) is 13.1. The van der Waals surface area contributed by atoms with Gasteiger partial charge in [-0.25, -0.2) is 9.97 Å². The maximum atomic E-state index is 13.3. The van der Waals surface area contributed by atoms with E-state index in [0.29, 0.717) is 19.2 Å². The summed E-state index contributed by atoms with van der Waals surface area (Å²) in [7, 11) is 0. The quantitative estimate of drug-likeness (QED) is 0.345. The lowest BCUT2D eigenvalue weighted by molar-refractivity contribution is -0.137. The number of Topliss-reactive ketones (excluding diaryl/α,β-unsaturated/α-hetero) is 1. The van der Waals surface area contributed by atoms with Crippen LogP contribution in [0.4, 0.5) is 13.2 Å². The minimum absolute atomic E-state index is 0.0157. The van der Waals surface area contributed by atoms with Gasteiger partial charge in [-0.3, -0.25) is 4.79 Å². The summed E-state index contributed by atoms with van der Waals surface area (Å²) < 4.78 is 45.2. The molecule has 0 atom stereocenters. The number of aromatic nitrogens is 2. The topological polar surface area (TPSA) is 88.5 Å². The lowest BCUT2D eigenvalue weighted by Gasteiger charge is -2.14. The third-order valence-electron chi connectivity index (χ3n) is 3.12. The molecule has 0 aliphatic heterocycles. The van der Waals surface area contributed by atoms with Crippen molar-refractivity contribution in [1.29, 1.82) is 0 Å². The number of hydrogen-bond acceptors (Lipinski definition) is 4. The number of ketones is 1. The van der Waals surface area contributed by atoms with Gasteiger partial charge in [0.2, 0.25) is 0 Å². The fourth-order valence-corrected chi connectivity index (χ4v) is 1.98. The van der Waals surface area contributed by atoms with E-state index in [1.54, 1.807) is 0 Å². The summed E-state index contributed by atoms with van der Waals surface area (Å²) in [5.41, 5.74) is 7.14. The molecule has 2 aromatic rings. The molecule has 1 aromatic carbocycles. The highest BCUT2D eigenvalue weighted by molar-refractivity contribution is 6.33. The van der Waals surface area contributed by atoms with Crippen LogP contribution < -0.4 is 4.74 Å². The van der Waals surface area contributed by atoms with E-state index < -0.39 is 17.5 Å². The molecule has 0 saturated carbocycles. The number of ether oxygens (including phenoxy) is 1. The van der Waals surface area contributed by atoms with E-state index in [1.807, 2.05) is 6.92 Å². The lowest BCUT2D eigenvalue weighted by Crippen LogP contribution is -2.10. The predicted octanol–water partition coefficient (Wildman–Crippen LogP) is 3.43. The van der Waals surface area contributed by atoms with Gasteiger partial charge in [0.15, 0.2) is 5.82 Å². The second-order valence-corrected chi connectivity index (χ2v) is 4.96. The Morgan fingerprint density at radius 2 is 2.00 bits per heavy atom. The number of benzene rings is 1. The predicted molar refractivity (Wildman–Crippen MR) is 82.3 cm³/mol. The minimum atomic E-state index is -4.62. The zero-order valence-electron chi connectivity index (χ0n) is 13.1. The van der Waals surface area contributed by atoms with Crippen molar-refractivity contribution in [2.45, 2.75) is 19.5 Å². The van der Waals surface area contributed by atoms with E-state index in [-0.39, 0.29) is 22.7 Å². The number of nitrogens with zero attached hydrogens (tertiary/aromatic N) is 4. The molecule has 9 heteroatoms. The molecule has 0 bridgehead atoms. The summed E-state index contributed by atoms with van der Waals surface area (Å²) >= 11 is 0. The first-order valence-electron chi connectivity index (χ1n) is 7.25. The molecule has 130 valence electrons. The largest absolute Gasteiger partial charge is 0.494 e. The summed E-state index contributed by atoms with van der Waals surface area (Å²) in [5.74, 6) is -0.760. The highest BCUT2D eigenvalue weighted by atomic mass is 19.4. The second-order valence-electron chi connectivity index (χ2n) is 4.96. The molecule has 0 amide bonds. The van der Waals surface area contributed by atoms with Crippen LogP contribution in [-0.4, -0.2) is 33.4 Å². The maximum absolute atomic E-state index is 13.3. The zero-order chi connectivity index (χ0) is 18.4. The molecule has 2 rings (SSSR count). The Morgan fingerprint density at radius 1 is 1.32 bits per heavy atom. The van der Waals surface area contributed by atoms with E-state index in [2.05, 4.69) is 14.8 Å². The Kier molecular flexibility index (Phi) is 5.61. The molecular formula is C16H13F3N4O2. The van der Waals surface area contributed by atoms with Gasteiger partial charge in [-0.1, -0.05) is 6.92 Å². The summed E-state index contributed by atoms with van der Waals surface area (Å²) in [5, 5.41) is 0. The minimum Gasteiger partial charge on any atom is -0.494 e. The van der Waals surface area contributed by atoms with Crippen LogP contribution in [0.15, 0.2) is 30.6 Å². The van der Waals surface area contributed by atoms with E-state index in [1.165, 1.54) is 12.1 Å². The Labute approximate surface area is 140 Å². The maximum Gasteiger partial charge on any atom is 0.417 e. The molecule has 0 unspecified atom stereocenters. The van der Waals surface area contributed by atoms with E-state index in [0.717, 1.165) is 18.5 Å². The van der Waals surface area contributed by atoms with Crippen LogP contribution in [0.3, 0.4) is 0 Å². The highest BCUT2D eigenvalue weighted by Gasteiger charge is 2.35. The van der Waals surface area contributed by atoms with E-state index in [4.69, 9.17) is 10.3 Å². The van der Waals surface area contributed by atoms with Crippen molar-refractivity contribution in [3.63, 3.8) is 0 Å². The fourth-order valence-electron chi connectivity index (χ4n) is 1.98. The third-order valence-corrected chi connectivity index (χ3v) is 3.12. The molecule has 0 aliphatic rings. The Hall–Kier alpha value is -3.06. The third kappa shape index (κ3) is 4.48. The van der Waals surface area contributed by atoms with Gasteiger partial charge in [0.1, 0.15) is 5.75 Å².